The molecular formula is C20H24BrN. The van der Waals surface area contributed by atoms with Gasteiger partial charge in [0.1, 0.15) is 0 Å². The molecule has 3 aromatic rings. The van der Waals surface area contributed by atoms with Gasteiger partial charge in [0.2, 0.25) is 0 Å². The van der Waals surface area contributed by atoms with Gasteiger partial charge in [-0.2, -0.15) is 0 Å². The molecule has 1 heterocycles. The van der Waals surface area contributed by atoms with E-state index in [4.69, 9.17) is 0 Å². The SMILES string of the molecule is CCCCC(CC)C(Br)n1c2ccccc2c2ccccc21. The molecule has 3 rings (SSSR count). The lowest BCUT2D eigenvalue weighted by Crippen LogP contribution is -2.13. The third-order valence-electron chi connectivity index (χ3n) is 4.71. The highest BCUT2D eigenvalue weighted by molar-refractivity contribution is 9.09. The molecule has 0 N–H and O–H groups in total. The summed E-state index contributed by atoms with van der Waals surface area (Å²) < 4.78 is 2.49. The summed E-state index contributed by atoms with van der Waals surface area (Å²) in [5.74, 6) is 0.666. The van der Waals surface area contributed by atoms with Crippen molar-refractivity contribution in [2.75, 3.05) is 0 Å². The molecule has 0 fully saturated rings. The van der Waals surface area contributed by atoms with Gasteiger partial charge in [-0.25, -0.2) is 0 Å². The second-order valence-corrected chi connectivity index (χ2v) is 7.03. The van der Waals surface area contributed by atoms with Crippen molar-refractivity contribution >= 4 is 37.7 Å². The highest BCUT2D eigenvalue weighted by atomic mass is 79.9. The van der Waals surface area contributed by atoms with Crippen LogP contribution in [0.5, 0.6) is 0 Å². The number of hydrogen-bond donors (Lipinski definition) is 0. The Kier molecular flexibility index (Phi) is 4.87. The zero-order chi connectivity index (χ0) is 15.5. The molecule has 0 amide bonds. The maximum atomic E-state index is 4.03. The Morgan fingerprint density at radius 1 is 0.909 bits per heavy atom. The lowest BCUT2D eigenvalue weighted by molar-refractivity contribution is 0.397. The molecule has 22 heavy (non-hydrogen) atoms. The van der Waals surface area contributed by atoms with E-state index in [0.29, 0.717) is 10.9 Å². The number of nitrogens with zero attached hydrogens (tertiary/aromatic N) is 1. The highest BCUT2D eigenvalue weighted by Gasteiger charge is 2.22. The van der Waals surface area contributed by atoms with Crippen molar-refractivity contribution in [2.24, 2.45) is 5.92 Å². The van der Waals surface area contributed by atoms with Crippen molar-refractivity contribution in [1.82, 2.24) is 4.57 Å². The van der Waals surface area contributed by atoms with E-state index >= 15 is 0 Å². The number of fused-ring (bicyclic) bond motifs is 3. The van der Waals surface area contributed by atoms with E-state index in [1.165, 1.54) is 47.5 Å². The molecule has 0 aliphatic carbocycles. The smallest absolute Gasteiger partial charge is 0.0922 e. The summed E-state index contributed by atoms with van der Waals surface area (Å²) in [6.45, 7) is 4.58. The summed E-state index contributed by atoms with van der Waals surface area (Å²) in [5, 5.41) is 2.71. The van der Waals surface area contributed by atoms with E-state index in [0.717, 1.165) is 0 Å². The first kappa shape index (κ1) is 15.6. The molecule has 116 valence electrons. The van der Waals surface area contributed by atoms with Crippen molar-refractivity contribution in [2.45, 2.75) is 44.5 Å². The zero-order valence-corrected chi connectivity index (χ0v) is 15.0. The van der Waals surface area contributed by atoms with Crippen LogP contribution in [0, 0.1) is 5.92 Å². The van der Waals surface area contributed by atoms with Gasteiger partial charge in [0.15, 0.2) is 0 Å². The zero-order valence-electron chi connectivity index (χ0n) is 13.4. The summed E-state index contributed by atoms with van der Waals surface area (Å²) in [7, 11) is 0. The predicted molar refractivity (Wildman–Crippen MR) is 101 cm³/mol. The lowest BCUT2D eigenvalue weighted by Gasteiger charge is -2.24. The molecule has 0 aliphatic heterocycles. The van der Waals surface area contributed by atoms with Gasteiger partial charge in [-0.15, -0.1) is 0 Å². The predicted octanol–water partition coefficient (Wildman–Crippen LogP) is 6.90. The number of alkyl halides is 1. The standard InChI is InChI=1S/C20H24BrN/c1-3-5-10-15(4-2)20(21)22-18-13-8-6-11-16(18)17-12-7-9-14-19(17)22/h6-9,11-15,20H,3-5,10H2,1-2H3. The number of para-hydroxylation sites is 2. The Hall–Kier alpha value is -1.28. The van der Waals surface area contributed by atoms with Gasteiger partial charge in [0.25, 0.3) is 0 Å². The fraction of sp³-hybridized carbons (Fsp3) is 0.400. The first-order valence-corrected chi connectivity index (χ1v) is 9.31. The average Bonchev–Trinajstić information content (AvgIpc) is 2.90. The summed E-state index contributed by atoms with van der Waals surface area (Å²) in [5.41, 5.74) is 2.67. The van der Waals surface area contributed by atoms with Crippen molar-refractivity contribution in [3.8, 4) is 0 Å². The molecule has 0 radical (unpaired) electrons. The molecule has 0 saturated carbocycles. The second kappa shape index (κ2) is 6.87. The monoisotopic (exact) mass is 357 g/mol. The number of aromatic nitrogens is 1. The van der Waals surface area contributed by atoms with Gasteiger partial charge in [0, 0.05) is 10.8 Å². The molecule has 1 aromatic heterocycles. The molecule has 0 spiro atoms. The van der Waals surface area contributed by atoms with E-state index in [9.17, 15) is 0 Å². The van der Waals surface area contributed by atoms with Crippen LogP contribution in [0.25, 0.3) is 21.8 Å². The molecule has 2 heteroatoms. The number of rotatable bonds is 6. The van der Waals surface area contributed by atoms with Crippen LogP contribution in [0.15, 0.2) is 48.5 Å². The van der Waals surface area contributed by atoms with E-state index in [-0.39, 0.29) is 0 Å². The quantitative estimate of drug-likeness (QED) is 0.422. The summed E-state index contributed by atoms with van der Waals surface area (Å²) in [6, 6.07) is 17.5. The van der Waals surface area contributed by atoms with Gasteiger partial charge in [-0.3, -0.25) is 0 Å². The number of hydrogen-bond acceptors (Lipinski definition) is 0. The van der Waals surface area contributed by atoms with Gasteiger partial charge in [0.05, 0.1) is 16.0 Å². The largest absolute Gasteiger partial charge is 0.327 e. The lowest BCUT2D eigenvalue weighted by atomic mass is 9.99. The fourth-order valence-electron chi connectivity index (χ4n) is 3.43. The Balaban J connectivity index is 2.15. The van der Waals surface area contributed by atoms with E-state index < -0.39 is 0 Å². The first-order chi connectivity index (χ1) is 10.8. The Bertz CT molecular complexity index is 705. The Morgan fingerprint density at radius 3 is 1.95 bits per heavy atom. The fourth-order valence-corrected chi connectivity index (χ4v) is 4.51. The Morgan fingerprint density at radius 2 is 1.45 bits per heavy atom. The molecular weight excluding hydrogens is 334 g/mol. The van der Waals surface area contributed by atoms with Gasteiger partial charge in [-0.05, 0) is 24.5 Å². The maximum absolute atomic E-state index is 4.03. The van der Waals surface area contributed by atoms with Crippen molar-refractivity contribution in [3.05, 3.63) is 48.5 Å². The van der Waals surface area contributed by atoms with Crippen LogP contribution in [0.4, 0.5) is 0 Å². The van der Waals surface area contributed by atoms with Crippen LogP contribution in [0.1, 0.15) is 44.5 Å². The highest BCUT2D eigenvalue weighted by Crippen LogP contribution is 2.39. The van der Waals surface area contributed by atoms with Crippen molar-refractivity contribution < 1.29 is 0 Å². The molecule has 0 saturated heterocycles. The van der Waals surface area contributed by atoms with Gasteiger partial charge < -0.3 is 4.57 Å². The summed E-state index contributed by atoms with van der Waals surface area (Å²) >= 11 is 4.03. The van der Waals surface area contributed by atoms with Gasteiger partial charge >= 0.3 is 0 Å². The third-order valence-corrected chi connectivity index (χ3v) is 5.86. The minimum atomic E-state index is 0.355. The maximum Gasteiger partial charge on any atom is 0.0922 e. The van der Waals surface area contributed by atoms with E-state index in [2.05, 4.69) is 82.9 Å². The van der Waals surface area contributed by atoms with E-state index in [1.54, 1.807) is 0 Å². The van der Waals surface area contributed by atoms with Crippen LogP contribution in [0.2, 0.25) is 0 Å². The average molecular weight is 358 g/mol. The second-order valence-electron chi connectivity index (χ2n) is 6.09. The summed E-state index contributed by atoms with van der Waals surface area (Å²) in [4.78, 5) is 0.355. The number of benzene rings is 2. The first-order valence-electron chi connectivity index (χ1n) is 8.39. The van der Waals surface area contributed by atoms with Crippen LogP contribution in [-0.2, 0) is 0 Å². The van der Waals surface area contributed by atoms with Gasteiger partial charge in [-0.1, -0.05) is 85.4 Å². The molecule has 1 nitrogen and oxygen atoms in total. The van der Waals surface area contributed by atoms with Crippen LogP contribution in [0.3, 0.4) is 0 Å². The van der Waals surface area contributed by atoms with Crippen LogP contribution < -0.4 is 0 Å². The minimum absolute atomic E-state index is 0.355. The van der Waals surface area contributed by atoms with Crippen LogP contribution >= 0.6 is 15.9 Å². The molecule has 2 unspecified atom stereocenters. The van der Waals surface area contributed by atoms with Crippen molar-refractivity contribution in [1.29, 1.82) is 0 Å². The minimum Gasteiger partial charge on any atom is -0.327 e. The summed E-state index contributed by atoms with van der Waals surface area (Å²) in [6.07, 6.45) is 5.06. The third kappa shape index (κ3) is 2.69. The van der Waals surface area contributed by atoms with Crippen LogP contribution in [-0.4, -0.2) is 4.57 Å². The molecule has 0 bridgehead atoms. The molecule has 2 aromatic carbocycles. The number of unbranched alkanes of at least 4 members (excludes halogenated alkanes) is 1. The van der Waals surface area contributed by atoms with E-state index in [1.807, 2.05) is 0 Å². The van der Waals surface area contributed by atoms with Crippen molar-refractivity contribution in [3.63, 3.8) is 0 Å². The normalized spacial score (nSPS) is 14.5. The molecule has 2 atom stereocenters. The Labute approximate surface area is 141 Å². The number of halogens is 1. The molecule has 0 aliphatic rings. The topological polar surface area (TPSA) is 4.93 Å².